The highest BCUT2D eigenvalue weighted by atomic mass is 32.2. The lowest BCUT2D eigenvalue weighted by Gasteiger charge is -2.22. The van der Waals surface area contributed by atoms with E-state index in [-0.39, 0.29) is 0 Å². The lowest BCUT2D eigenvalue weighted by molar-refractivity contribution is 0.463. The number of nitrogens with one attached hydrogen (secondary N) is 1. The molecule has 0 amide bonds. The average molecular weight is 270 g/mol. The molecule has 0 aromatic carbocycles. The summed E-state index contributed by atoms with van der Waals surface area (Å²) in [4.78, 5) is 0. The SMILES string of the molecule is CCCn1ccc(CNC2CCS(=O)(=O)CC2)c1. The summed E-state index contributed by atoms with van der Waals surface area (Å²) >= 11 is 0. The van der Waals surface area contributed by atoms with Crippen LogP contribution in [0.5, 0.6) is 0 Å². The normalized spacial score (nSPS) is 20.1. The maximum atomic E-state index is 11.3. The van der Waals surface area contributed by atoms with Crippen LogP contribution >= 0.6 is 0 Å². The second kappa shape index (κ2) is 5.89. The Labute approximate surface area is 109 Å². The molecule has 5 heteroatoms. The van der Waals surface area contributed by atoms with E-state index in [2.05, 4.69) is 35.3 Å². The van der Waals surface area contributed by atoms with Crippen LogP contribution in [0.3, 0.4) is 0 Å². The van der Waals surface area contributed by atoms with Crippen molar-refractivity contribution in [3.05, 3.63) is 24.0 Å². The first-order chi connectivity index (χ1) is 8.59. The molecule has 0 atom stereocenters. The molecule has 102 valence electrons. The molecule has 1 aromatic rings. The molecule has 1 aliphatic heterocycles. The lowest BCUT2D eigenvalue weighted by Crippen LogP contribution is -2.37. The minimum atomic E-state index is -2.75. The fraction of sp³-hybridized carbons (Fsp3) is 0.692. The van der Waals surface area contributed by atoms with Crippen molar-refractivity contribution in [2.24, 2.45) is 0 Å². The molecule has 1 aromatic heterocycles. The summed E-state index contributed by atoms with van der Waals surface area (Å²) in [7, 11) is -2.75. The summed E-state index contributed by atoms with van der Waals surface area (Å²) in [5, 5.41) is 3.45. The van der Waals surface area contributed by atoms with Crippen LogP contribution in [0.2, 0.25) is 0 Å². The minimum Gasteiger partial charge on any atom is -0.354 e. The quantitative estimate of drug-likeness (QED) is 0.883. The second-order valence-corrected chi connectivity index (χ2v) is 7.37. The highest BCUT2D eigenvalue weighted by Crippen LogP contribution is 2.13. The first-order valence-electron chi connectivity index (χ1n) is 6.67. The molecule has 0 saturated carbocycles. The van der Waals surface area contributed by atoms with E-state index >= 15 is 0 Å². The van der Waals surface area contributed by atoms with Crippen LogP contribution < -0.4 is 5.32 Å². The Kier molecular flexibility index (Phi) is 4.45. The highest BCUT2D eigenvalue weighted by Gasteiger charge is 2.22. The minimum absolute atomic E-state index is 0.335. The number of nitrogens with zero attached hydrogens (tertiary/aromatic N) is 1. The zero-order chi connectivity index (χ0) is 13.0. The Morgan fingerprint density at radius 1 is 1.39 bits per heavy atom. The molecule has 1 aliphatic rings. The molecule has 1 N–H and O–H groups in total. The van der Waals surface area contributed by atoms with Gasteiger partial charge in [0, 0.05) is 31.5 Å². The van der Waals surface area contributed by atoms with Gasteiger partial charge in [0.05, 0.1) is 11.5 Å². The molecule has 0 aliphatic carbocycles. The third-order valence-corrected chi connectivity index (χ3v) is 5.16. The van der Waals surface area contributed by atoms with Gasteiger partial charge in [-0.2, -0.15) is 0 Å². The third kappa shape index (κ3) is 3.85. The van der Waals surface area contributed by atoms with Crippen LogP contribution in [-0.4, -0.2) is 30.5 Å². The first kappa shape index (κ1) is 13.6. The smallest absolute Gasteiger partial charge is 0.150 e. The van der Waals surface area contributed by atoms with Crippen LogP contribution in [0.1, 0.15) is 31.7 Å². The van der Waals surface area contributed by atoms with Gasteiger partial charge < -0.3 is 9.88 Å². The van der Waals surface area contributed by atoms with Crippen molar-refractivity contribution in [3.8, 4) is 0 Å². The predicted octanol–water partition coefficient (Wildman–Crippen LogP) is 1.56. The van der Waals surface area contributed by atoms with E-state index in [4.69, 9.17) is 0 Å². The van der Waals surface area contributed by atoms with E-state index in [9.17, 15) is 8.42 Å². The van der Waals surface area contributed by atoms with Gasteiger partial charge in [-0.1, -0.05) is 6.92 Å². The van der Waals surface area contributed by atoms with E-state index in [1.165, 1.54) is 5.56 Å². The van der Waals surface area contributed by atoms with Crippen molar-refractivity contribution in [3.63, 3.8) is 0 Å². The highest BCUT2D eigenvalue weighted by molar-refractivity contribution is 7.91. The molecule has 1 fully saturated rings. The number of aryl methyl sites for hydroxylation is 1. The van der Waals surface area contributed by atoms with Crippen molar-refractivity contribution in [1.82, 2.24) is 9.88 Å². The summed E-state index contributed by atoms with van der Waals surface area (Å²) in [5.74, 6) is 0.670. The summed E-state index contributed by atoms with van der Waals surface area (Å²) in [5.41, 5.74) is 1.27. The largest absolute Gasteiger partial charge is 0.354 e. The van der Waals surface area contributed by atoms with Gasteiger partial charge in [0.25, 0.3) is 0 Å². The van der Waals surface area contributed by atoms with Gasteiger partial charge >= 0.3 is 0 Å². The number of hydrogen-bond acceptors (Lipinski definition) is 3. The predicted molar refractivity (Wildman–Crippen MR) is 73.2 cm³/mol. The summed E-state index contributed by atoms with van der Waals surface area (Å²) in [6.45, 7) is 4.06. The molecule has 18 heavy (non-hydrogen) atoms. The molecule has 2 rings (SSSR count). The maximum absolute atomic E-state index is 11.3. The lowest BCUT2D eigenvalue weighted by atomic mass is 10.1. The summed E-state index contributed by atoms with van der Waals surface area (Å²) in [6, 6.07) is 2.48. The third-order valence-electron chi connectivity index (χ3n) is 3.44. The van der Waals surface area contributed by atoms with Gasteiger partial charge in [-0.3, -0.25) is 0 Å². The number of rotatable bonds is 5. The van der Waals surface area contributed by atoms with E-state index in [1.54, 1.807) is 0 Å². The summed E-state index contributed by atoms with van der Waals surface area (Å²) < 4.78 is 24.8. The van der Waals surface area contributed by atoms with Gasteiger partial charge in [-0.15, -0.1) is 0 Å². The Morgan fingerprint density at radius 2 is 2.11 bits per heavy atom. The van der Waals surface area contributed by atoms with Crippen LogP contribution in [0.4, 0.5) is 0 Å². The molecular formula is C13H22N2O2S. The van der Waals surface area contributed by atoms with Gasteiger partial charge in [0.2, 0.25) is 0 Å². The Hall–Kier alpha value is -0.810. The average Bonchev–Trinajstić information content (AvgIpc) is 2.76. The maximum Gasteiger partial charge on any atom is 0.150 e. The van der Waals surface area contributed by atoms with E-state index in [0.29, 0.717) is 17.5 Å². The van der Waals surface area contributed by atoms with E-state index < -0.39 is 9.84 Å². The van der Waals surface area contributed by atoms with Crippen molar-refractivity contribution < 1.29 is 8.42 Å². The first-order valence-corrected chi connectivity index (χ1v) is 8.49. The van der Waals surface area contributed by atoms with Crippen molar-refractivity contribution >= 4 is 9.84 Å². The van der Waals surface area contributed by atoms with Crippen molar-refractivity contribution in [2.75, 3.05) is 11.5 Å². The van der Waals surface area contributed by atoms with E-state index in [1.807, 2.05) is 0 Å². The standard InChI is InChI=1S/C13H22N2O2S/c1-2-6-15-7-3-12(11-15)10-14-13-4-8-18(16,17)9-5-13/h3,7,11,13-14H,2,4-6,8-10H2,1H3. The molecule has 0 spiro atoms. The number of hydrogen-bond donors (Lipinski definition) is 1. The fourth-order valence-electron chi connectivity index (χ4n) is 2.35. The molecule has 4 nitrogen and oxygen atoms in total. The van der Waals surface area contributed by atoms with Crippen LogP contribution in [0.25, 0.3) is 0 Å². The number of aromatic nitrogens is 1. The van der Waals surface area contributed by atoms with Crippen molar-refractivity contribution in [2.45, 2.75) is 45.3 Å². The fourth-order valence-corrected chi connectivity index (χ4v) is 3.84. The molecule has 0 bridgehead atoms. The van der Waals surface area contributed by atoms with Gasteiger partial charge in [-0.25, -0.2) is 8.42 Å². The van der Waals surface area contributed by atoms with Crippen LogP contribution in [0, 0.1) is 0 Å². The van der Waals surface area contributed by atoms with Gasteiger partial charge in [0.15, 0.2) is 0 Å². The summed E-state index contributed by atoms with van der Waals surface area (Å²) in [6.07, 6.45) is 6.90. The Bertz CT molecular complexity index is 465. The molecular weight excluding hydrogens is 248 g/mol. The second-order valence-electron chi connectivity index (χ2n) is 5.06. The molecule has 2 heterocycles. The van der Waals surface area contributed by atoms with Gasteiger partial charge in [-0.05, 0) is 30.9 Å². The molecule has 0 radical (unpaired) electrons. The van der Waals surface area contributed by atoms with Crippen LogP contribution in [-0.2, 0) is 22.9 Å². The van der Waals surface area contributed by atoms with Crippen molar-refractivity contribution in [1.29, 1.82) is 0 Å². The molecule has 0 unspecified atom stereocenters. The Balaban J connectivity index is 1.77. The number of sulfone groups is 1. The zero-order valence-corrected chi connectivity index (χ0v) is 11.7. The Morgan fingerprint density at radius 3 is 2.78 bits per heavy atom. The molecule has 1 saturated heterocycles. The topological polar surface area (TPSA) is 51.1 Å². The monoisotopic (exact) mass is 270 g/mol. The van der Waals surface area contributed by atoms with E-state index in [0.717, 1.165) is 32.4 Å². The zero-order valence-electron chi connectivity index (χ0n) is 10.9. The van der Waals surface area contributed by atoms with Crippen LogP contribution in [0.15, 0.2) is 18.5 Å². The van der Waals surface area contributed by atoms with Gasteiger partial charge in [0.1, 0.15) is 9.84 Å².